The van der Waals surface area contributed by atoms with E-state index in [4.69, 9.17) is 5.26 Å². The van der Waals surface area contributed by atoms with Crippen LogP contribution in [0.1, 0.15) is 35.7 Å². The molecule has 1 atom stereocenters. The smallest absolute Gasteiger partial charge is 0.251 e. The first-order valence-corrected chi connectivity index (χ1v) is 6.76. The predicted octanol–water partition coefficient (Wildman–Crippen LogP) is 1.77. The van der Waals surface area contributed by atoms with E-state index in [1.807, 2.05) is 0 Å². The molecule has 1 saturated heterocycles. The number of likely N-dealkylation sites (N-methyl/N-ethyl adjacent to an activating group) is 1. The molecule has 0 saturated carbocycles. The van der Waals surface area contributed by atoms with Crippen molar-refractivity contribution in [2.24, 2.45) is 0 Å². The van der Waals surface area contributed by atoms with E-state index < -0.39 is 0 Å². The molecule has 1 unspecified atom stereocenters. The average Bonchev–Trinajstić information content (AvgIpc) is 2.47. The first-order valence-electron chi connectivity index (χ1n) is 6.76. The van der Waals surface area contributed by atoms with E-state index in [0.29, 0.717) is 11.1 Å². The second-order valence-corrected chi connectivity index (χ2v) is 4.90. The van der Waals surface area contributed by atoms with Gasteiger partial charge in [0.25, 0.3) is 5.91 Å². The van der Waals surface area contributed by atoms with Crippen LogP contribution in [-0.2, 0) is 0 Å². The summed E-state index contributed by atoms with van der Waals surface area (Å²) in [6.45, 7) is 5.20. The van der Waals surface area contributed by atoms with Crippen LogP contribution >= 0.6 is 0 Å². The number of carbonyl (C=O) groups excluding carboxylic acids is 1. The van der Waals surface area contributed by atoms with Crippen LogP contribution in [0.4, 0.5) is 0 Å². The molecule has 100 valence electrons. The second kappa shape index (κ2) is 6.35. The Balaban J connectivity index is 1.98. The summed E-state index contributed by atoms with van der Waals surface area (Å²) >= 11 is 0. The van der Waals surface area contributed by atoms with Crippen LogP contribution in [0.5, 0.6) is 0 Å². The predicted molar refractivity (Wildman–Crippen MR) is 73.8 cm³/mol. The number of amides is 1. The second-order valence-electron chi connectivity index (χ2n) is 4.90. The van der Waals surface area contributed by atoms with E-state index >= 15 is 0 Å². The van der Waals surface area contributed by atoms with Gasteiger partial charge in [0, 0.05) is 18.2 Å². The van der Waals surface area contributed by atoms with E-state index in [9.17, 15) is 4.79 Å². The van der Waals surface area contributed by atoms with Gasteiger partial charge in [0.1, 0.15) is 0 Å². The van der Waals surface area contributed by atoms with Crippen molar-refractivity contribution in [1.29, 1.82) is 5.26 Å². The fourth-order valence-corrected chi connectivity index (χ4v) is 2.46. The van der Waals surface area contributed by atoms with Crippen molar-refractivity contribution >= 4 is 5.91 Å². The lowest BCUT2D eigenvalue weighted by molar-refractivity contribution is 0.0906. The van der Waals surface area contributed by atoms with Crippen molar-refractivity contribution < 1.29 is 4.79 Å². The van der Waals surface area contributed by atoms with Crippen molar-refractivity contribution in [3.63, 3.8) is 0 Å². The summed E-state index contributed by atoms with van der Waals surface area (Å²) in [5.74, 6) is -0.0833. The Morgan fingerprint density at radius 2 is 2.42 bits per heavy atom. The minimum Gasteiger partial charge on any atom is -0.348 e. The molecule has 0 radical (unpaired) electrons. The van der Waals surface area contributed by atoms with Gasteiger partial charge in [0.05, 0.1) is 11.6 Å². The number of carbonyl (C=O) groups is 1. The van der Waals surface area contributed by atoms with Gasteiger partial charge in [-0.25, -0.2) is 0 Å². The Morgan fingerprint density at radius 1 is 1.58 bits per heavy atom. The third-order valence-electron chi connectivity index (χ3n) is 3.54. The van der Waals surface area contributed by atoms with Crippen molar-refractivity contribution in [3.8, 4) is 6.07 Å². The number of piperidine rings is 1. The van der Waals surface area contributed by atoms with Crippen LogP contribution < -0.4 is 5.32 Å². The first kappa shape index (κ1) is 13.6. The van der Waals surface area contributed by atoms with Gasteiger partial charge in [-0.1, -0.05) is 13.0 Å². The molecule has 0 bridgehead atoms. The molecule has 1 aromatic rings. The van der Waals surface area contributed by atoms with Gasteiger partial charge >= 0.3 is 0 Å². The van der Waals surface area contributed by atoms with Crippen LogP contribution in [0.25, 0.3) is 0 Å². The maximum Gasteiger partial charge on any atom is 0.251 e. The number of benzene rings is 1. The Labute approximate surface area is 114 Å². The number of rotatable bonds is 3. The highest BCUT2D eigenvalue weighted by atomic mass is 16.1. The molecular weight excluding hydrogens is 238 g/mol. The summed E-state index contributed by atoms with van der Waals surface area (Å²) in [6.07, 6.45) is 2.15. The molecule has 1 aromatic carbocycles. The number of likely N-dealkylation sites (tertiary alicyclic amines) is 1. The molecule has 1 aliphatic rings. The highest BCUT2D eigenvalue weighted by Gasteiger charge is 2.20. The Bertz CT molecular complexity index is 492. The average molecular weight is 257 g/mol. The lowest BCUT2D eigenvalue weighted by Crippen LogP contribution is -2.47. The molecule has 1 heterocycles. The van der Waals surface area contributed by atoms with Crippen LogP contribution in [0.15, 0.2) is 24.3 Å². The fraction of sp³-hybridized carbons (Fsp3) is 0.467. The molecule has 0 aromatic heterocycles. The van der Waals surface area contributed by atoms with E-state index in [-0.39, 0.29) is 11.9 Å². The molecule has 2 rings (SSSR count). The van der Waals surface area contributed by atoms with Gasteiger partial charge in [-0.05, 0) is 44.1 Å². The zero-order valence-electron chi connectivity index (χ0n) is 11.2. The van der Waals surface area contributed by atoms with Gasteiger partial charge in [-0.15, -0.1) is 0 Å². The quantitative estimate of drug-likeness (QED) is 0.898. The molecule has 4 nitrogen and oxygen atoms in total. The highest BCUT2D eigenvalue weighted by molar-refractivity contribution is 5.94. The molecule has 1 N–H and O–H groups in total. The molecular formula is C15H19N3O. The lowest BCUT2D eigenvalue weighted by Gasteiger charge is -2.32. The van der Waals surface area contributed by atoms with Gasteiger partial charge in [0.2, 0.25) is 0 Å². The third-order valence-corrected chi connectivity index (χ3v) is 3.54. The molecule has 19 heavy (non-hydrogen) atoms. The van der Waals surface area contributed by atoms with Gasteiger partial charge in [0.15, 0.2) is 0 Å². The molecule has 1 aliphatic heterocycles. The first-order chi connectivity index (χ1) is 9.22. The molecule has 0 aliphatic carbocycles. The van der Waals surface area contributed by atoms with Crippen molar-refractivity contribution in [2.45, 2.75) is 25.8 Å². The number of hydrogen-bond acceptors (Lipinski definition) is 3. The number of nitrogens with one attached hydrogen (secondary N) is 1. The van der Waals surface area contributed by atoms with Gasteiger partial charge in [-0.2, -0.15) is 5.26 Å². The van der Waals surface area contributed by atoms with Gasteiger partial charge in [-0.3, -0.25) is 4.79 Å². The number of nitrogens with zero attached hydrogens (tertiary/aromatic N) is 2. The molecule has 0 spiro atoms. The summed E-state index contributed by atoms with van der Waals surface area (Å²) < 4.78 is 0. The summed E-state index contributed by atoms with van der Waals surface area (Å²) in [5.41, 5.74) is 1.08. The van der Waals surface area contributed by atoms with E-state index in [0.717, 1.165) is 32.5 Å². The fourth-order valence-electron chi connectivity index (χ4n) is 2.46. The third kappa shape index (κ3) is 3.55. The highest BCUT2D eigenvalue weighted by Crippen LogP contribution is 2.11. The minimum absolute atomic E-state index is 0.0833. The monoisotopic (exact) mass is 257 g/mol. The summed E-state index contributed by atoms with van der Waals surface area (Å²) in [5, 5.41) is 11.9. The summed E-state index contributed by atoms with van der Waals surface area (Å²) in [6, 6.07) is 9.10. The number of hydrogen-bond donors (Lipinski definition) is 1. The molecule has 4 heteroatoms. The van der Waals surface area contributed by atoms with Crippen LogP contribution in [0, 0.1) is 11.3 Å². The van der Waals surface area contributed by atoms with E-state index in [1.165, 1.54) is 0 Å². The molecule has 1 fully saturated rings. The Morgan fingerprint density at radius 3 is 3.16 bits per heavy atom. The minimum atomic E-state index is -0.0833. The zero-order chi connectivity index (χ0) is 13.7. The van der Waals surface area contributed by atoms with Crippen molar-refractivity contribution in [3.05, 3.63) is 35.4 Å². The standard InChI is InChI=1S/C15H19N3O/c1-2-18-8-4-7-14(11-18)17-15(19)13-6-3-5-12(9-13)10-16/h3,5-6,9,14H,2,4,7-8,11H2,1H3,(H,17,19). The Hall–Kier alpha value is -1.86. The number of nitriles is 1. The summed E-state index contributed by atoms with van der Waals surface area (Å²) in [7, 11) is 0. The van der Waals surface area contributed by atoms with Crippen LogP contribution in [-0.4, -0.2) is 36.5 Å². The summed E-state index contributed by atoms with van der Waals surface area (Å²) in [4.78, 5) is 14.5. The van der Waals surface area contributed by atoms with E-state index in [2.05, 4.69) is 23.2 Å². The topological polar surface area (TPSA) is 56.1 Å². The SMILES string of the molecule is CCN1CCCC(NC(=O)c2cccc(C#N)c2)C1. The van der Waals surface area contributed by atoms with Crippen molar-refractivity contribution in [2.75, 3.05) is 19.6 Å². The van der Waals surface area contributed by atoms with Crippen LogP contribution in [0.2, 0.25) is 0 Å². The van der Waals surface area contributed by atoms with Crippen LogP contribution in [0.3, 0.4) is 0 Å². The maximum atomic E-state index is 12.1. The zero-order valence-corrected chi connectivity index (χ0v) is 11.2. The van der Waals surface area contributed by atoms with Crippen molar-refractivity contribution in [1.82, 2.24) is 10.2 Å². The van der Waals surface area contributed by atoms with E-state index in [1.54, 1.807) is 24.3 Å². The largest absolute Gasteiger partial charge is 0.348 e. The normalized spacial score (nSPS) is 19.7. The Kier molecular flexibility index (Phi) is 4.53. The lowest BCUT2D eigenvalue weighted by atomic mass is 10.0. The maximum absolute atomic E-state index is 12.1. The molecule has 1 amide bonds. The van der Waals surface area contributed by atoms with Gasteiger partial charge < -0.3 is 10.2 Å².